The van der Waals surface area contributed by atoms with Crippen molar-refractivity contribution >= 4 is 5.91 Å². The van der Waals surface area contributed by atoms with Crippen LogP contribution in [0.25, 0.3) is 0 Å². The molecule has 0 aliphatic heterocycles. The van der Waals surface area contributed by atoms with Gasteiger partial charge in [0.25, 0.3) is 0 Å². The zero-order valence-corrected chi connectivity index (χ0v) is 36.9. The van der Waals surface area contributed by atoms with Gasteiger partial charge in [0.15, 0.2) is 0 Å². The number of hydrogen-bond acceptors (Lipinski definition) is 6. The average molecular weight is 840 g/mol. The summed E-state index contributed by atoms with van der Waals surface area (Å²) in [5, 5.41) is 3.47. The molecule has 1 N–H and O–H groups in total. The van der Waals surface area contributed by atoms with Crippen LogP contribution in [0.2, 0.25) is 0 Å². The Hall–Kier alpha value is -4.63. The predicted octanol–water partition coefficient (Wildman–Crippen LogP) is 12.1. The van der Waals surface area contributed by atoms with E-state index in [9.17, 15) is 4.79 Å². The molecule has 1 amide bonds. The summed E-state index contributed by atoms with van der Waals surface area (Å²) >= 11 is 0. The van der Waals surface area contributed by atoms with E-state index in [0.717, 1.165) is 47.1 Å². The molecule has 2 unspecified atom stereocenters. The molecule has 0 radical (unpaired) electrons. The van der Waals surface area contributed by atoms with Crippen molar-refractivity contribution in [3.8, 4) is 0 Å². The maximum atomic E-state index is 14.2. The molecular weight excluding hydrogens is 771 g/mol. The monoisotopic (exact) mass is 840 g/mol. The van der Waals surface area contributed by atoms with E-state index in [2.05, 4.69) is 72.9 Å². The fourth-order valence-electron chi connectivity index (χ4n) is 8.33. The molecule has 62 heavy (non-hydrogen) atoms. The van der Waals surface area contributed by atoms with Crippen LogP contribution >= 0.6 is 0 Å². The Bertz CT molecular complexity index is 1800. The summed E-state index contributed by atoms with van der Waals surface area (Å²) < 4.78 is 35.1. The molecule has 1 fully saturated rings. The molecule has 5 aromatic carbocycles. The summed E-state index contributed by atoms with van der Waals surface area (Å²) in [5.41, 5.74) is 5.12. The first-order chi connectivity index (χ1) is 30.7. The highest BCUT2D eigenvalue weighted by Crippen LogP contribution is 2.35. The minimum absolute atomic E-state index is 0.0279. The van der Waals surface area contributed by atoms with Crippen LogP contribution in [-0.2, 0) is 61.5 Å². The Balaban J connectivity index is 1.30. The molecule has 7 heteroatoms. The molecule has 0 saturated heterocycles. The Morgan fingerprint density at radius 2 is 0.629 bits per heavy atom. The summed E-state index contributed by atoms with van der Waals surface area (Å²) in [6, 6.07) is 50.2. The van der Waals surface area contributed by atoms with Gasteiger partial charge in [-0.05, 0) is 34.2 Å². The third-order valence-electron chi connectivity index (χ3n) is 11.8. The van der Waals surface area contributed by atoms with Crippen LogP contribution in [0.3, 0.4) is 0 Å². The highest BCUT2D eigenvalue weighted by atomic mass is 16.6. The van der Waals surface area contributed by atoms with Crippen molar-refractivity contribution in [2.45, 2.75) is 154 Å². The minimum atomic E-state index is -0.654. The topological polar surface area (TPSA) is 75.3 Å². The van der Waals surface area contributed by atoms with E-state index in [1.807, 2.05) is 91.0 Å². The van der Waals surface area contributed by atoms with Crippen molar-refractivity contribution in [2.24, 2.45) is 0 Å². The van der Waals surface area contributed by atoms with Gasteiger partial charge < -0.3 is 29.0 Å². The third kappa shape index (κ3) is 15.9. The Kier molecular flexibility index (Phi) is 20.7. The van der Waals surface area contributed by atoms with Crippen LogP contribution in [0.1, 0.15) is 112 Å². The summed E-state index contributed by atoms with van der Waals surface area (Å²) in [6.45, 7) is 3.86. The molecule has 6 atom stereocenters. The second kappa shape index (κ2) is 27.4. The first-order valence-corrected chi connectivity index (χ1v) is 23.2. The van der Waals surface area contributed by atoms with Crippen molar-refractivity contribution < 1.29 is 28.5 Å². The zero-order valence-electron chi connectivity index (χ0n) is 36.9. The van der Waals surface area contributed by atoms with Gasteiger partial charge in [0.2, 0.25) is 5.91 Å². The lowest BCUT2D eigenvalue weighted by atomic mass is 9.81. The van der Waals surface area contributed by atoms with E-state index in [4.69, 9.17) is 23.7 Å². The smallest absolute Gasteiger partial charge is 0.220 e. The zero-order chi connectivity index (χ0) is 42.9. The first-order valence-electron chi connectivity index (χ1n) is 23.2. The van der Waals surface area contributed by atoms with Gasteiger partial charge in [-0.1, -0.05) is 223 Å². The number of amides is 1. The molecular formula is C55H69NO6. The number of nitrogens with one attached hydrogen (secondary N) is 1. The Morgan fingerprint density at radius 1 is 0.371 bits per heavy atom. The lowest BCUT2D eigenvalue weighted by Crippen LogP contribution is -2.70. The van der Waals surface area contributed by atoms with Gasteiger partial charge in [0, 0.05) is 6.42 Å². The largest absolute Gasteiger partial charge is 0.368 e. The summed E-state index contributed by atoms with van der Waals surface area (Å²) in [6.07, 6.45) is 10.6. The van der Waals surface area contributed by atoms with Gasteiger partial charge in [0.05, 0.1) is 39.1 Å². The summed E-state index contributed by atoms with van der Waals surface area (Å²) in [4.78, 5) is 14.2. The van der Waals surface area contributed by atoms with Gasteiger partial charge in [0.1, 0.15) is 30.5 Å². The van der Waals surface area contributed by atoms with Crippen molar-refractivity contribution in [3.05, 3.63) is 179 Å². The number of carbonyl (C=O) groups is 1. The van der Waals surface area contributed by atoms with Crippen LogP contribution in [0.4, 0.5) is 0 Å². The minimum Gasteiger partial charge on any atom is -0.368 e. The number of rotatable bonds is 28. The molecule has 0 bridgehead atoms. The maximum Gasteiger partial charge on any atom is 0.220 e. The molecule has 5 aromatic rings. The normalized spacial score (nSPS) is 19.9. The molecule has 0 spiro atoms. The number of carbonyl (C=O) groups excluding carboxylic acids is 1. The Morgan fingerprint density at radius 3 is 0.935 bits per heavy atom. The second-order valence-electron chi connectivity index (χ2n) is 16.7. The van der Waals surface area contributed by atoms with Gasteiger partial charge in [-0.3, -0.25) is 4.79 Å². The predicted molar refractivity (Wildman–Crippen MR) is 248 cm³/mol. The van der Waals surface area contributed by atoms with Crippen LogP contribution in [0.15, 0.2) is 152 Å². The third-order valence-corrected chi connectivity index (χ3v) is 11.8. The summed E-state index contributed by atoms with van der Waals surface area (Å²) in [5.74, 6) is -0.0279. The molecule has 0 aromatic heterocycles. The van der Waals surface area contributed by atoms with Crippen LogP contribution in [0, 0.1) is 0 Å². The van der Waals surface area contributed by atoms with E-state index in [1.165, 1.54) is 51.4 Å². The molecule has 330 valence electrons. The van der Waals surface area contributed by atoms with Crippen molar-refractivity contribution in [3.63, 3.8) is 0 Å². The van der Waals surface area contributed by atoms with E-state index >= 15 is 0 Å². The molecule has 1 aliphatic rings. The number of hydrogen-bond donors (Lipinski definition) is 1. The van der Waals surface area contributed by atoms with Gasteiger partial charge in [-0.2, -0.15) is 0 Å². The Labute approximate surface area is 371 Å². The van der Waals surface area contributed by atoms with E-state index < -0.39 is 36.6 Å². The number of benzene rings is 5. The van der Waals surface area contributed by atoms with Crippen LogP contribution in [-0.4, -0.2) is 42.5 Å². The van der Waals surface area contributed by atoms with E-state index in [1.54, 1.807) is 0 Å². The fraction of sp³-hybridized carbons (Fsp3) is 0.436. The van der Waals surface area contributed by atoms with Crippen molar-refractivity contribution in [1.29, 1.82) is 0 Å². The fourth-order valence-corrected chi connectivity index (χ4v) is 8.33. The lowest BCUT2D eigenvalue weighted by Gasteiger charge is -2.50. The summed E-state index contributed by atoms with van der Waals surface area (Å²) in [7, 11) is 0. The molecule has 0 heterocycles. The highest BCUT2D eigenvalue weighted by Gasteiger charge is 2.55. The maximum absolute atomic E-state index is 14.2. The number of unbranched alkanes of at least 4 members (excludes halogenated alkanes) is 10. The van der Waals surface area contributed by atoms with Crippen LogP contribution < -0.4 is 5.32 Å². The average Bonchev–Trinajstić information content (AvgIpc) is 3.32. The van der Waals surface area contributed by atoms with E-state index in [0.29, 0.717) is 39.5 Å². The highest BCUT2D eigenvalue weighted by molar-refractivity contribution is 5.76. The van der Waals surface area contributed by atoms with Gasteiger partial charge in [-0.25, -0.2) is 0 Å². The first kappa shape index (κ1) is 46.9. The second-order valence-corrected chi connectivity index (χ2v) is 16.7. The quantitative estimate of drug-likeness (QED) is 0.0506. The van der Waals surface area contributed by atoms with Crippen molar-refractivity contribution in [1.82, 2.24) is 5.32 Å². The molecule has 7 nitrogen and oxygen atoms in total. The molecule has 6 rings (SSSR count). The standard InChI is InChI=1S/C55H69NO6/c1-2-3-4-5-6-7-8-9-10-11-27-38-49(57)56-50-51(58-39-44-28-17-12-18-29-44)53(60-41-46-32-21-14-22-33-46)55(62-43-48-36-25-16-26-37-48)54(61-42-47-34-23-15-24-35-47)52(50)59-40-45-30-19-13-20-31-45/h12-26,28-37,50-55H,2-11,27,38-43H2,1H3,(H,56,57)/t50?,51-,52+,53+,54-,55?. The van der Waals surface area contributed by atoms with Gasteiger partial charge >= 0.3 is 0 Å². The number of ether oxygens (including phenoxy) is 5. The lowest BCUT2D eigenvalue weighted by molar-refractivity contribution is -0.259. The van der Waals surface area contributed by atoms with Crippen molar-refractivity contribution in [2.75, 3.05) is 0 Å². The molecule has 1 saturated carbocycles. The van der Waals surface area contributed by atoms with Gasteiger partial charge in [-0.15, -0.1) is 0 Å². The SMILES string of the molecule is CCCCCCCCCCCCCC(=O)NC1[C@@H](OCc2ccccc2)[C@H](OCc2ccccc2)C(OCc2ccccc2)[C@H](OCc2ccccc2)[C@H]1OCc1ccccc1. The molecule has 1 aliphatic carbocycles. The van der Waals surface area contributed by atoms with E-state index in [-0.39, 0.29) is 5.91 Å². The van der Waals surface area contributed by atoms with Crippen LogP contribution in [0.5, 0.6) is 0 Å².